The first-order valence-corrected chi connectivity index (χ1v) is 15.5. The first-order valence-electron chi connectivity index (χ1n) is 15.5. The highest BCUT2D eigenvalue weighted by Gasteiger charge is 2.22. The number of rotatable bonds is 2. The van der Waals surface area contributed by atoms with E-state index in [2.05, 4.69) is 158 Å². The Labute approximate surface area is 259 Å². The molecule has 0 spiro atoms. The molecule has 0 aliphatic rings. The summed E-state index contributed by atoms with van der Waals surface area (Å²) in [6, 6.07) is 57.2. The number of furan rings is 1. The zero-order chi connectivity index (χ0) is 29.5. The molecule has 10 aromatic rings. The van der Waals surface area contributed by atoms with Crippen molar-refractivity contribution in [1.82, 2.24) is 0 Å². The molecule has 0 saturated heterocycles. The molecule has 208 valence electrons. The summed E-state index contributed by atoms with van der Waals surface area (Å²) >= 11 is 0. The van der Waals surface area contributed by atoms with Crippen molar-refractivity contribution in [1.29, 1.82) is 0 Å². The summed E-state index contributed by atoms with van der Waals surface area (Å²) in [6.45, 7) is 0. The van der Waals surface area contributed by atoms with Gasteiger partial charge in [-0.25, -0.2) is 0 Å². The summed E-state index contributed by atoms with van der Waals surface area (Å²) in [5.41, 5.74) is 6.72. The van der Waals surface area contributed by atoms with Crippen LogP contribution in [0.25, 0.3) is 98.1 Å². The molecule has 0 amide bonds. The van der Waals surface area contributed by atoms with Gasteiger partial charge in [0.1, 0.15) is 11.2 Å². The van der Waals surface area contributed by atoms with Crippen LogP contribution in [-0.4, -0.2) is 0 Å². The molecule has 0 fully saturated rings. The lowest BCUT2D eigenvalue weighted by Crippen LogP contribution is -1.92. The summed E-state index contributed by atoms with van der Waals surface area (Å²) in [5.74, 6) is 0. The Hall–Kier alpha value is -5.92. The predicted molar refractivity (Wildman–Crippen MR) is 192 cm³/mol. The summed E-state index contributed by atoms with van der Waals surface area (Å²) in [6.07, 6.45) is 0. The molecule has 9 aromatic carbocycles. The topological polar surface area (TPSA) is 13.1 Å². The molecule has 45 heavy (non-hydrogen) atoms. The second-order valence-corrected chi connectivity index (χ2v) is 12.0. The third-order valence-corrected chi connectivity index (χ3v) is 9.59. The van der Waals surface area contributed by atoms with Gasteiger partial charge in [-0.15, -0.1) is 0 Å². The van der Waals surface area contributed by atoms with Crippen molar-refractivity contribution in [2.75, 3.05) is 0 Å². The lowest BCUT2D eigenvalue weighted by molar-refractivity contribution is 0.671. The van der Waals surface area contributed by atoms with Gasteiger partial charge in [0.05, 0.1) is 0 Å². The molecule has 1 nitrogen and oxygen atoms in total. The summed E-state index contributed by atoms with van der Waals surface area (Å²) < 4.78 is 6.92. The minimum atomic E-state index is 0.919. The molecule has 0 N–H and O–H groups in total. The summed E-state index contributed by atoms with van der Waals surface area (Å²) in [5, 5.41) is 14.6. The molecule has 10 rings (SSSR count). The van der Waals surface area contributed by atoms with Crippen molar-refractivity contribution in [2.24, 2.45) is 0 Å². The van der Waals surface area contributed by atoms with Crippen LogP contribution in [0.2, 0.25) is 0 Å². The van der Waals surface area contributed by atoms with Gasteiger partial charge >= 0.3 is 0 Å². The fourth-order valence-corrected chi connectivity index (χ4v) is 7.65. The van der Waals surface area contributed by atoms with Crippen LogP contribution in [-0.2, 0) is 0 Å². The molecule has 0 unspecified atom stereocenters. The zero-order valence-corrected chi connectivity index (χ0v) is 24.4. The highest BCUT2D eigenvalue weighted by molar-refractivity contribution is 6.29. The largest absolute Gasteiger partial charge is 0.455 e. The molecule has 1 heterocycles. The normalized spacial score (nSPS) is 12.0. The van der Waals surface area contributed by atoms with E-state index in [1.54, 1.807) is 0 Å². The van der Waals surface area contributed by atoms with Gasteiger partial charge in [0.15, 0.2) is 0 Å². The Morgan fingerprint density at radius 3 is 1.47 bits per heavy atom. The first-order chi connectivity index (χ1) is 22.3. The van der Waals surface area contributed by atoms with Crippen molar-refractivity contribution < 1.29 is 4.42 Å². The number of hydrogen-bond donors (Lipinski definition) is 0. The maximum atomic E-state index is 6.92. The molecular formula is C44H26O. The molecule has 0 aliphatic carbocycles. The van der Waals surface area contributed by atoms with E-state index in [1.807, 2.05) is 0 Å². The van der Waals surface area contributed by atoms with Crippen LogP contribution in [0.4, 0.5) is 0 Å². The highest BCUT2D eigenvalue weighted by atomic mass is 16.3. The van der Waals surface area contributed by atoms with Crippen molar-refractivity contribution in [3.63, 3.8) is 0 Å². The third kappa shape index (κ3) is 3.50. The Bertz CT molecular complexity index is 2750. The number of benzene rings is 9. The Balaban J connectivity index is 1.41. The fraction of sp³-hybridized carbons (Fsp3) is 0. The van der Waals surface area contributed by atoms with Gasteiger partial charge in [0.2, 0.25) is 0 Å². The van der Waals surface area contributed by atoms with Crippen LogP contribution in [0.1, 0.15) is 0 Å². The van der Waals surface area contributed by atoms with E-state index in [-0.39, 0.29) is 0 Å². The maximum absolute atomic E-state index is 6.92. The van der Waals surface area contributed by atoms with E-state index in [9.17, 15) is 0 Å². The predicted octanol–water partition coefficient (Wildman–Crippen LogP) is 12.7. The first kappa shape index (κ1) is 24.5. The zero-order valence-electron chi connectivity index (χ0n) is 24.4. The third-order valence-electron chi connectivity index (χ3n) is 9.59. The number of hydrogen-bond acceptors (Lipinski definition) is 1. The van der Waals surface area contributed by atoms with Crippen LogP contribution in [0.15, 0.2) is 162 Å². The standard InChI is InChI=1S/C44H26O/c1-2-14-29-26-40-38(24-28(29)13-1)43-32-18-6-4-15-30(32)25-39(44(43)45-40)42-36-21-9-7-19-34(36)41(35-20-8-10-22-37(35)42)33-23-11-16-27-12-3-5-17-31(27)33/h1-26H. The van der Waals surface area contributed by atoms with E-state index in [0.29, 0.717) is 0 Å². The van der Waals surface area contributed by atoms with E-state index in [4.69, 9.17) is 4.42 Å². The van der Waals surface area contributed by atoms with Gasteiger partial charge in [-0.3, -0.25) is 0 Å². The molecule has 1 heteroatoms. The van der Waals surface area contributed by atoms with Crippen LogP contribution in [0, 0.1) is 0 Å². The summed E-state index contributed by atoms with van der Waals surface area (Å²) in [4.78, 5) is 0. The minimum Gasteiger partial charge on any atom is -0.455 e. The van der Waals surface area contributed by atoms with Crippen molar-refractivity contribution in [2.45, 2.75) is 0 Å². The SMILES string of the molecule is c1ccc2cc3c(cc2c1)oc1c(-c2c4ccccc4c(-c4cccc5ccccc45)c4ccccc24)cc2ccccc2c13. The van der Waals surface area contributed by atoms with Crippen molar-refractivity contribution in [3.05, 3.63) is 158 Å². The molecule has 0 atom stereocenters. The van der Waals surface area contributed by atoms with E-state index >= 15 is 0 Å². The fourth-order valence-electron chi connectivity index (χ4n) is 7.65. The molecule has 0 radical (unpaired) electrons. The highest BCUT2D eigenvalue weighted by Crippen LogP contribution is 2.49. The van der Waals surface area contributed by atoms with Crippen molar-refractivity contribution >= 4 is 75.8 Å². The second kappa shape index (κ2) is 9.29. The van der Waals surface area contributed by atoms with Crippen LogP contribution in [0.5, 0.6) is 0 Å². The molecule has 0 saturated carbocycles. The Morgan fingerprint density at radius 2 is 0.800 bits per heavy atom. The van der Waals surface area contributed by atoms with Gasteiger partial charge < -0.3 is 4.42 Å². The van der Waals surface area contributed by atoms with E-state index in [0.717, 1.165) is 22.1 Å². The van der Waals surface area contributed by atoms with Crippen LogP contribution >= 0.6 is 0 Å². The van der Waals surface area contributed by atoms with Crippen molar-refractivity contribution in [3.8, 4) is 22.3 Å². The second-order valence-electron chi connectivity index (χ2n) is 12.0. The molecule has 0 aliphatic heterocycles. The average Bonchev–Trinajstić information content (AvgIpc) is 3.48. The van der Waals surface area contributed by atoms with E-state index in [1.165, 1.54) is 75.9 Å². The molecule has 1 aromatic heterocycles. The monoisotopic (exact) mass is 570 g/mol. The lowest BCUT2D eigenvalue weighted by Gasteiger charge is -2.19. The Kier molecular flexibility index (Phi) is 5.06. The van der Waals surface area contributed by atoms with Gasteiger partial charge in [-0.2, -0.15) is 0 Å². The summed E-state index contributed by atoms with van der Waals surface area (Å²) in [7, 11) is 0. The van der Waals surface area contributed by atoms with Gasteiger partial charge in [0, 0.05) is 21.9 Å². The van der Waals surface area contributed by atoms with Gasteiger partial charge in [-0.1, -0.05) is 140 Å². The maximum Gasteiger partial charge on any atom is 0.143 e. The van der Waals surface area contributed by atoms with Crippen LogP contribution in [0.3, 0.4) is 0 Å². The smallest absolute Gasteiger partial charge is 0.143 e. The minimum absolute atomic E-state index is 0.919. The molecule has 0 bridgehead atoms. The number of fused-ring (bicyclic) bond motifs is 9. The van der Waals surface area contributed by atoms with Gasteiger partial charge in [-0.05, 0) is 83.2 Å². The molecular weight excluding hydrogens is 544 g/mol. The quantitative estimate of drug-likeness (QED) is 0.188. The van der Waals surface area contributed by atoms with Crippen LogP contribution < -0.4 is 0 Å². The lowest BCUT2D eigenvalue weighted by atomic mass is 9.84. The van der Waals surface area contributed by atoms with Gasteiger partial charge in [0.25, 0.3) is 0 Å². The van der Waals surface area contributed by atoms with E-state index < -0.39 is 0 Å². The Morgan fingerprint density at radius 1 is 0.311 bits per heavy atom. The average molecular weight is 571 g/mol.